The fraction of sp³-hybridized carbons (Fsp3) is 1.00. The maximum absolute atomic E-state index is 2.21. The van der Waals surface area contributed by atoms with Gasteiger partial charge in [0, 0.05) is 0 Å². The van der Waals surface area contributed by atoms with E-state index in [0.29, 0.717) is 0 Å². The van der Waals surface area contributed by atoms with Gasteiger partial charge in [-0.25, -0.2) is 0 Å². The van der Waals surface area contributed by atoms with Crippen molar-refractivity contribution in [2.45, 2.75) is 33.1 Å². The van der Waals surface area contributed by atoms with Crippen molar-refractivity contribution in [3.63, 3.8) is 0 Å². The van der Waals surface area contributed by atoms with Crippen molar-refractivity contribution in [1.29, 1.82) is 0 Å². The fourth-order valence-electron chi connectivity index (χ4n) is 0.354. The van der Waals surface area contributed by atoms with Gasteiger partial charge in [0.15, 0.2) is 0 Å². The molecular formula is C5H16Sn. The molecule has 0 aromatic rings. The molecule has 0 rings (SSSR count). The van der Waals surface area contributed by atoms with Gasteiger partial charge in [0.1, 0.15) is 0 Å². The first-order valence-corrected chi connectivity index (χ1v) is 2.41. The van der Waals surface area contributed by atoms with E-state index in [1.807, 2.05) is 0 Å². The van der Waals surface area contributed by atoms with Crippen LogP contribution < -0.4 is 0 Å². The minimum atomic E-state index is 0. The van der Waals surface area contributed by atoms with Crippen molar-refractivity contribution >= 4 is 23.9 Å². The summed E-state index contributed by atoms with van der Waals surface area (Å²) in [6.45, 7) is 4.42. The van der Waals surface area contributed by atoms with Gasteiger partial charge in [-0.3, -0.25) is 0 Å². The van der Waals surface area contributed by atoms with Gasteiger partial charge in [-0.05, 0) is 0 Å². The Hall–Kier alpha value is 0.799. The molecule has 6 heavy (non-hydrogen) atoms. The van der Waals surface area contributed by atoms with E-state index in [2.05, 4.69) is 13.8 Å². The molecule has 0 aliphatic rings. The van der Waals surface area contributed by atoms with Gasteiger partial charge in [-0.15, -0.1) is 0 Å². The van der Waals surface area contributed by atoms with E-state index in [-0.39, 0.29) is 23.9 Å². The third-order valence-corrected chi connectivity index (χ3v) is 0.707. The van der Waals surface area contributed by atoms with Crippen molar-refractivity contribution in [2.75, 3.05) is 0 Å². The molecule has 0 aromatic heterocycles. The van der Waals surface area contributed by atoms with Crippen LogP contribution in [0.4, 0.5) is 0 Å². The van der Waals surface area contributed by atoms with Crippen LogP contribution in [0.5, 0.6) is 0 Å². The van der Waals surface area contributed by atoms with Crippen LogP contribution in [0.15, 0.2) is 0 Å². The SMILES string of the molecule is CCCCC.[SnH4]. The Morgan fingerprint density at radius 2 is 1.33 bits per heavy atom. The Kier molecular flexibility index (Phi) is 15.3. The van der Waals surface area contributed by atoms with Crippen molar-refractivity contribution in [3.05, 3.63) is 0 Å². The molecule has 40 valence electrons. The molecule has 0 atom stereocenters. The summed E-state index contributed by atoms with van der Waals surface area (Å²) in [5.41, 5.74) is 0. The topological polar surface area (TPSA) is 0 Å². The Bertz CT molecular complexity index is 11.4. The van der Waals surface area contributed by atoms with Crippen LogP contribution in [0, 0.1) is 0 Å². The van der Waals surface area contributed by atoms with Gasteiger partial charge in [0.25, 0.3) is 0 Å². The first-order valence-electron chi connectivity index (χ1n) is 2.41. The maximum atomic E-state index is 2.21. The van der Waals surface area contributed by atoms with Crippen LogP contribution in [0.1, 0.15) is 33.1 Å². The summed E-state index contributed by atoms with van der Waals surface area (Å²) < 4.78 is 0. The van der Waals surface area contributed by atoms with Crippen LogP contribution in [-0.4, -0.2) is 23.9 Å². The van der Waals surface area contributed by atoms with E-state index in [9.17, 15) is 0 Å². The number of unbranched alkanes of at least 4 members (excludes halogenated alkanes) is 2. The second kappa shape index (κ2) is 9.25. The zero-order valence-electron chi connectivity index (χ0n) is 4.12. The van der Waals surface area contributed by atoms with Crippen molar-refractivity contribution < 1.29 is 0 Å². The molecule has 0 heterocycles. The summed E-state index contributed by atoms with van der Waals surface area (Å²) in [7, 11) is 0. The molecule has 0 radical (unpaired) electrons. The molecule has 1 heteroatoms. The van der Waals surface area contributed by atoms with Crippen LogP contribution in [0.2, 0.25) is 0 Å². The van der Waals surface area contributed by atoms with E-state index >= 15 is 0 Å². The summed E-state index contributed by atoms with van der Waals surface area (Å²) in [5, 5.41) is 0. The van der Waals surface area contributed by atoms with Crippen molar-refractivity contribution in [1.82, 2.24) is 0 Å². The summed E-state index contributed by atoms with van der Waals surface area (Å²) in [4.78, 5) is 0. The van der Waals surface area contributed by atoms with Gasteiger partial charge in [0.2, 0.25) is 0 Å². The quantitative estimate of drug-likeness (QED) is 0.570. The Morgan fingerprint density at radius 1 is 1.00 bits per heavy atom. The average Bonchev–Trinajstić information content (AvgIpc) is 1.41. The Labute approximate surface area is 57.3 Å². The molecular weight excluding hydrogens is 179 g/mol. The molecule has 0 N–H and O–H groups in total. The summed E-state index contributed by atoms with van der Waals surface area (Å²) >= 11 is 0. The Balaban J connectivity index is 0. The predicted octanol–water partition coefficient (Wildman–Crippen LogP) is 0.745. The average molecular weight is 195 g/mol. The zero-order chi connectivity index (χ0) is 4.12. The fourth-order valence-corrected chi connectivity index (χ4v) is 0.354. The molecule has 0 spiro atoms. The van der Waals surface area contributed by atoms with Crippen LogP contribution in [0.25, 0.3) is 0 Å². The van der Waals surface area contributed by atoms with Gasteiger partial charge in [-0.1, -0.05) is 33.1 Å². The van der Waals surface area contributed by atoms with E-state index in [1.54, 1.807) is 0 Å². The molecule has 0 saturated carbocycles. The summed E-state index contributed by atoms with van der Waals surface area (Å²) in [6, 6.07) is 0. The normalized spacial score (nSPS) is 7.00. The molecule has 0 bridgehead atoms. The van der Waals surface area contributed by atoms with Gasteiger partial charge in [-0.2, -0.15) is 0 Å². The molecule has 0 unspecified atom stereocenters. The molecule has 0 saturated heterocycles. The second-order valence-corrected chi connectivity index (χ2v) is 1.35. The molecule has 0 fully saturated rings. The predicted molar refractivity (Wildman–Crippen MR) is 36.5 cm³/mol. The number of hydrogen-bond acceptors (Lipinski definition) is 0. The van der Waals surface area contributed by atoms with Gasteiger partial charge >= 0.3 is 23.9 Å². The molecule has 0 aliphatic carbocycles. The van der Waals surface area contributed by atoms with E-state index in [0.717, 1.165) is 0 Å². The second-order valence-electron chi connectivity index (χ2n) is 1.35. The minimum absolute atomic E-state index is 0. The number of hydrogen-bond donors (Lipinski definition) is 0. The van der Waals surface area contributed by atoms with Crippen molar-refractivity contribution in [2.24, 2.45) is 0 Å². The standard InChI is InChI=1S/C5H12.Sn.4H/c1-3-5-4-2;;;;;/h3-5H2,1-2H3;;;;;. The van der Waals surface area contributed by atoms with Crippen LogP contribution in [-0.2, 0) is 0 Å². The molecule has 0 aromatic carbocycles. The van der Waals surface area contributed by atoms with E-state index in [1.165, 1.54) is 19.3 Å². The van der Waals surface area contributed by atoms with Crippen LogP contribution in [0.3, 0.4) is 0 Å². The van der Waals surface area contributed by atoms with E-state index in [4.69, 9.17) is 0 Å². The summed E-state index contributed by atoms with van der Waals surface area (Å²) in [5.74, 6) is 0. The monoisotopic (exact) mass is 196 g/mol. The third kappa shape index (κ3) is 8.84. The molecule has 0 aliphatic heterocycles. The molecule has 0 amide bonds. The molecule has 0 nitrogen and oxygen atoms in total. The van der Waals surface area contributed by atoms with Crippen LogP contribution >= 0.6 is 0 Å². The van der Waals surface area contributed by atoms with Crippen molar-refractivity contribution in [3.8, 4) is 0 Å². The number of rotatable bonds is 2. The first kappa shape index (κ1) is 9.93. The summed E-state index contributed by atoms with van der Waals surface area (Å²) in [6.07, 6.45) is 4.08. The Morgan fingerprint density at radius 3 is 1.33 bits per heavy atom. The third-order valence-electron chi connectivity index (χ3n) is 0.707. The van der Waals surface area contributed by atoms with E-state index < -0.39 is 0 Å². The first-order chi connectivity index (χ1) is 2.41. The van der Waals surface area contributed by atoms with Gasteiger partial charge < -0.3 is 0 Å². The van der Waals surface area contributed by atoms with Gasteiger partial charge in [0.05, 0.1) is 0 Å². The zero-order valence-corrected chi connectivity index (χ0v) is 4.12.